The van der Waals surface area contributed by atoms with E-state index in [0.717, 1.165) is 0 Å². The van der Waals surface area contributed by atoms with E-state index in [0.29, 0.717) is 31.9 Å². The van der Waals surface area contributed by atoms with Crippen LogP contribution in [0.3, 0.4) is 0 Å². The van der Waals surface area contributed by atoms with Crippen molar-refractivity contribution in [3.63, 3.8) is 0 Å². The van der Waals surface area contributed by atoms with E-state index in [1.165, 1.54) is 29.2 Å². The summed E-state index contributed by atoms with van der Waals surface area (Å²) >= 11 is 0. The highest BCUT2D eigenvalue weighted by atomic mass is 16.6. The summed E-state index contributed by atoms with van der Waals surface area (Å²) in [5.41, 5.74) is 0.319. The van der Waals surface area contributed by atoms with Gasteiger partial charge in [-0.05, 0) is 11.6 Å². The van der Waals surface area contributed by atoms with Gasteiger partial charge >= 0.3 is 0 Å². The van der Waals surface area contributed by atoms with Crippen molar-refractivity contribution in [2.24, 2.45) is 0 Å². The van der Waals surface area contributed by atoms with Crippen LogP contribution >= 0.6 is 0 Å². The molecule has 0 spiro atoms. The Hall–Kier alpha value is -2.72. The van der Waals surface area contributed by atoms with Crippen LogP contribution < -0.4 is 0 Å². The van der Waals surface area contributed by atoms with Gasteiger partial charge in [0.25, 0.3) is 11.6 Å². The predicted octanol–water partition coefficient (Wildman–Crippen LogP) is 1.36. The first-order chi connectivity index (χ1) is 10.1. The highest BCUT2D eigenvalue weighted by molar-refractivity contribution is 6.01. The van der Waals surface area contributed by atoms with Gasteiger partial charge in [-0.2, -0.15) is 5.26 Å². The van der Waals surface area contributed by atoms with Crippen LogP contribution in [0.4, 0.5) is 5.69 Å². The quantitative estimate of drug-likeness (QED) is 0.362. The lowest BCUT2D eigenvalue weighted by molar-refractivity contribution is -0.384. The Bertz CT molecular complexity index is 627. The van der Waals surface area contributed by atoms with Gasteiger partial charge in [0, 0.05) is 25.2 Å². The third kappa shape index (κ3) is 3.64. The molecule has 1 saturated heterocycles. The number of nitrogens with zero attached hydrogens (tertiary/aromatic N) is 3. The number of ether oxygens (including phenoxy) is 1. The number of nitro groups is 1. The fraction of sp³-hybridized carbons (Fsp3) is 0.286. The van der Waals surface area contributed by atoms with Crippen LogP contribution in [-0.2, 0) is 9.53 Å². The standard InChI is InChI=1S/C14H13N3O4/c15-10-12(14(18)16-4-6-21-7-5-16)8-11-2-1-3-13(9-11)17(19)20/h1-3,8-9H,4-7H2/b12-8+. The molecule has 0 radical (unpaired) electrons. The highest BCUT2D eigenvalue weighted by Gasteiger charge is 2.20. The summed E-state index contributed by atoms with van der Waals surface area (Å²) in [5, 5.41) is 19.9. The van der Waals surface area contributed by atoms with Gasteiger partial charge in [0.05, 0.1) is 18.1 Å². The number of nitriles is 1. The van der Waals surface area contributed by atoms with E-state index in [9.17, 15) is 14.9 Å². The first-order valence-corrected chi connectivity index (χ1v) is 6.35. The van der Waals surface area contributed by atoms with Gasteiger partial charge in [0.2, 0.25) is 0 Å². The monoisotopic (exact) mass is 287 g/mol. The predicted molar refractivity (Wildman–Crippen MR) is 74.1 cm³/mol. The second-order valence-electron chi connectivity index (χ2n) is 4.43. The molecule has 7 heteroatoms. The second kappa shape index (κ2) is 6.63. The SMILES string of the molecule is N#C/C(=C\c1cccc([N+](=O)[O-])c1)C(=O)N1CCOCC1. The van der Waals surface area contributed by atoms with Crippen LogP contribution in [0, 0.1) is 21.4 Å². The molecule has 0 saturated carbocycles. The molecule has 1 aromatic carbocycles. The number of carbonyl (C=O) groups excluding carboxylic acids is 1. The van der Waals surface area contributed by atoms with E-state index in [-0.39, 0.29) is 17.2 Å². The van der Waals surface area contributed by atoms with E-state index < -0.39 is 4.92 Å². The summed E-state index contributed by atoms with van der Waals surface area (Å²) in [6, 6.07) is 7.65. The van der Waals surface area contributed by atoms with Crippen molar-refractivity contribution in [3.8, 4) is 6.07 Å². The van der Waals surface area contributed by atoms with Crippen LogP contribution in [0.1, 0.15) is 5.56 Å². The van der Waals surface area contributed by atoms with Crippen molar-refractivity contribution in [2.45, 2.75) is 0 Å². The number of morpholine rings is 1. The molecule has 1 fully saturated rings. The van der Waals surface area contributed by atoms with Crippen molar-refractivity contribution in [3.05, 3.63) is 45.5 Å². The summed E-state index contributed by atoms with van der Waals surface area (Å²) in [6.45, 7) is 1.77. The van der Waals surface area contributed by atoms with Gasteiger partial charge in [0.1, 0.15) is 11.6 Å². The molecule has 108 valence electrons. The van der Waals surface area contributed by atoms with Gasteiger partial charge < -0.3 is 9.64 Å². The van der Waals surface area contributed by atoms with Gasteiger partial charge in [0.15, 0.2) is 0 Å². The van der Waals surface area contributed by atoms with Crippen LogP contribution in [-0.4, -0.2) is 42.0 Å². The third-order valence-corrected chi connectivity index (χ3v) is 3.04. The van der Waals surface area contributed by atoms with Gasteiger partial charge in [-0.3, -0.25) is 14.9 Å². The molecular formula is C14H13N3O4. The third-order valence-electron chi connectivity index (χ3n) is 3.04. The molecular weight excluding hydrogens is 274 g/mol. The van der Waals surface area contributed by atoms with Crippen molar-refractivity contribution >= 4 is 17.7 Å². The first kappa shape index (κ1) is 14.7. The molecule has 0 unspecified atom stereocenters. The average molecular weight is 287 g/mol. The number of hydrogen-bond donors (Lipinski definition) is 0. The zero-order valence-electron chi connectivity index (χ0n) is 11.2. The summed E-state index contributed by atoms with van der Waals surface area (Å²) in [4.78, 5) is 23.9. The van der Waals surface area contributed by atoms with Crippen molar-refractivity contribution in [2.75, 3.05) is 26.3 Å². The fourth-order valence-corrected chi connectivity index (χ4v) is 1.97. The van der Waals surface area contributed by atoms with E-state index in [2.05, 4.69) is 0 Å². The normalized spacial score (nSPS) is 15.4. The number of nitro benzene ring substituents is 1. The Morgan fingerprint density at radius 1 is 1.43 bits per heavy atom. The van der Waals surface area contributed by atoms with Crippen molar-refractivity contribution in [1.82, 2.24) is 4.90 Å². The smallest absolute Gasteiger partial charge is 0.270 e. The van der Waals surface area contributed by atoms with Gasteiger partial charge in [-0.1, -0.05) is 12.1 Å². The molecule has 0 atom stereocenters. The van der Waals surface area contributed by atoms with E-state index in [1.54, 1.807) is 6.07 Å². The number of rotatable bonds is 3. The molecule has 1 heterocycles. The number of benzene rings is 1. The van der Waals surface area contributed by atoms with Crippen LogP contribution in [0.2, 0.25) is 0 Å². The molecule has 0 aromatic heterocycles. The van der Waals surface area contributed by atoms with Gasteiger partial charge in [-0.25, -0.2) is 0 Å². The van der Waals surface area contributed by atoms with Crippen LogP contribution in [0.5, 0.6) is 0 Å². The Kier molecular flexibility index (Phi) is 4.64. The largest absolute Gasteiger partial charge is 0.378 e. The van der Waals surface area contributed by atoms with Crippen molar-refractivity contribution < 1.29 is 14.5 Å². The average Bonchev–Trinajstić information content (AvgIpc) is 2.53. The minimum absolute atomic E-state index is 0.0441. The molecule has 0 aliphatic carbocycles. The maximum atomic E-state index is 12.2. The summed E-state index contributed by atoms with van der Waals surface area (Å²) in [7, 11) is 0. The Labute approximate surface area is 121 Å². The Morgan fingerprint density at radius 2 is 2.14 bits per heavy atom. The lowest BCUT2D eigenvalue weighted by Gasteiger charge is -2.26. The molecule has 1 aliphatic heterocycles. The summed E-state index contributed by atoms with van der Waals surface area (Å²) < 4.78 is 5.15. The molecule has 1 aromatic rings. The molecule has 7 nitrogen and oxygen atoms in total. The second-order valence-corrected chi connectivity index (χ2v) is 4.43. The Balaban J connectivity index is 2.24. The summed E-state index contributed by atoms with van der Waals surface area (Å²) in [6.07, 6.45) is 1.37. The van der Waals surface area contributed by atoms with E-state index in [4.69, 9.17) is 10.00 Å². The molecule has 0 N–H and O–H groups in total. The molecule has 1 aliphatic rings. The maximum Gasteiger partial charge on any atom is 0.270 e. The fourth-order valence-electron chi connectivity index (χ4n) is 1.97. The van der Waals surface area contributed by atoms with Crippen molar-refractivity contribution in [1.29, 1.82) is 5.26 Å². The molecule has 2 rings (SSSR count). The van der Waals surface area contributed by atoms with Gasteiger partial charge in [-0.15, -0.1) is 0 Å². The minimum Gasteiger partial charge on any atom is -0.378 e. The molecule has 0 bridgehead atoms. The maximum absolute atomic E-state index is 12.2. The first-order valence-electron chi connectivity index (χ1n) is 6.35. The Morgan fingerprint density at radius 3 is 2.76 bits per heavy atom. The highest BCUT2D eigenvalue weighted by Crippen LogP contribution is 2.16. The zero-order chi connectivity index (χ0) is 15.2. The topological polar surface area (TPSA) is 96.5 Å². The number of carbonyl (C=O) groups is 1. The number of hydrogen-bond acceptors (Lipinski definition) is 5. The minimum atomic E-state index is -0.521. The zero-order valence-corrected chi connectivity index (χ0v) is 11.2. The van der Waals surface area contributed by atoms with Crippen LogP contribution in [0.15, 0.2) is 29.8 Å². The van der Waals surface area contributed by atoms with Crippen LogP contribution in [0.25, 0.3) is 6.08 Å². The van der Waals surface area contributed by atoms with E-state index >= 15 is 0 Å². The van der Waals surface area contributed by atoms with E-state index in [1.807, 2.05) is 6.07 Å². The molecule has 1 amide bonds. The summed E-state index contributed by atoms with van der Waals surface area (Å²) in [5.74, 6) is -0.382. The lowest BCUT2D eigenvalue weighted by Crippen LogP contribution is -2.41. The number of non-ortho nitro benzene ring substituents is 1. The lowest BCUT2D eigenvalue weighted by atomic mass is 10.1. The molecule has 21 heavy (non-hydrogen) atoms. The number of amides is 1.